The summed E-state index contributed by atoms with van der Waals surface area (Å²) in [7, 11) is 0. The highest BCUT2D eigenvalue weighted by Gasteiger charge is 1.98. The van der Waals surface area contributed by atoms with E-state index in [1.807, 2.05) is 23.5 Å². The first-order valence-corrected chi connectivity index (χ1v) is 10.3. The van der Waals surface area contributed by atoms with Crippen molar-refractivity contribution in [1.29, 1.82) is 0 Å². The summed E-state index contributed by atoms with van der Waals surface area (Å²) >= 11 is 3.86. The molecular formula is C22H22S2. The van der Waals surface area contributed by atoms with Gasteiger partial charge in [-0.1, -0.05) is 60.7 Å². The molecule has 0 aliphatic rings. The SMILES string of the molecule is c1ccc(SCCc2ccc(CCSc3ccccc3)cc2)cc1. The van der Waals surface area contributed by atoms with Gasteiger partial charge in [0.1, 0.15) is 0 Å². The van der Waals surface area contributed by atoms with E-state index in [1.165, 1.54) is 20.9 Å². The molecule has 24 heavy (non-hydrogen) atoms. The fourth-order valence-electron chi connectivity index (χ4n) is 2.48. The number of hydrogen-bond acceptors (Lipinski definition) is 2. The first kappa shape index (κ1) is 17.2. The Kier molecular flexibility index (Phi) is 6.88. The molecule has 0 saturated heterocycles. The van der Waals surface area contributed by atoms with Gasteiger partial charge in [0.2, 0.25) is 0 Å². The van der Waals surface area contributed by atoms with Crippen molar-refractivity contribution in [2.24, 2.45) is 0 Å². The Labute approximate surface area is 153 Å². The van der Waals surface area contributed by atoms with Crippen molar-refractivity contribution in [2.45, 2.75) is 22.6 Å². The third-order valence-corrected chi connectivity index (χ3v) is 5.86. The molecule has 0 bridgehead atoms. The lowest BCUT2D eigenvalue weighted by Gasteiger charge is -2.05. The van der Waals surface area contributed by atoms with E-state index in [4.69, 9.17) is 0 Å². The van der Waals surface area contributed by atoms with E-state index in [2.05, 4.69) is 84.9 Å². The third-order valence-electron chi connectivity index (χ3n) is 3.83. The minimum absolute atomic E-state index is 1.12. The highest BCUT2D eigenvalue weighted by Crippen LogP contribution is 2.20. The molecule has 0 heterocycles. The van der Waals surface area contributed by atoms with Gasteiger partial charge < -0.3 is 0 Å². The quantitative estimate of drug-likeness (QED) is 0.434. The van der Waals surface area contributed by atoms with Gasteiger partial charge in [0, 0.05) is 21.3 Å². The number of benzene rings is 3. The molecule has 0 fully saturated rings. The lowest BCUT2D eigenvalue weighted by Crippen LogP contribution is -1.92. The molecule has 0 spiro atoms. The van der Waals surface area contributed by atoms with Gasteiger partial charge in [0.15, 0.2) is 0 Å². The summed E-state index contributed by atoms with van der Waals surface area (Å²) in [5.74, 6) is 2.26. The van der Waals surface area contributed by atoms with Crippen molar-refractivity contribution in [1.82, 2.24) is 0 Å². The van der Waals surface area contributed by atoms with Gasteiger partial charge in [-0.15, -0.1) is 23.5 Å². The molecule has 0 unspecified atom stereocenters. The Morgan fingerprint density at radius 3 is 1.21 bits per heavy atom. The van der Waals surface area contributed by atoms with Gasteiger partial charge >= 0.3 is 0 Å². The van der Waals surface area contributed by atoms with Crippen molar-refractivity contribution in [3.05, 3.63) is 96.1 Å². The van der Waals surface area contributed by atoms with Crippen LogP contribution in [0.15, 0.2) is 94.7 Å². The van der Waals surface area contributed by atoms with Crippen LogP contribution in [-0.2, 0) is 12.8 Å². The minimum Gasteiger partial charge on any atom is -0.126 e. The molecule has 0 N–H and O–H groups in total. The van der Waals surface area contributed by atoms with E-state index >= 15 is 0 Å². The zero-order chi connectivity index (χ0) is 16.5. The second-order valence-corrected chi connectivity index (χ2v) is 7.98. The molecule has 0 aliphatic heterocycles. The first-order valence-electron chi connectivity index (χ1n) is 8.34. The van der Waals surface area contributed by atoms with E-state index in [9.17, 15) is 0 Å². The lowest BCUT2D eigenvalue weighted by molar-refractivity contribution is 1.11. The van der Waals surface area contributed by atoms with E-state index in [-0.39, 0.29) is 0 Å². The summed E-state index contributed by atoms with van der Waals surface area (Å²) in [5, 5.41) is 0. The summed E-state index contributed by atoms with van der Waals surface area (Å²) in [4.78, 5) is 2.71. The largest absolute Gasteiger partial charge is 0.126 e. The van der Waals surface area contributed by atoms with Crippen molar-refractivity contribution >= 4 is 23.5 Å². The molecule has 0 aliphatic carbocycles. The third kappa shape index (κ3) is 5.77. The maximum atomic E-state index is 2.29. The molecule has 122 valence electrons. The van der Waals surface area contributed by atoms with Crippen molar-refractivity contribution < 1.29 is 0 Å². The van der Waals surface area contributed by atoms with Crippen LogP contribution in [0.2, 0.25) is 0 Å². The number of aryl methyl sites for hydroxylation is 2. The molecule has 0 radical (unpaired) electrons. The predicted molar refractivity (Wildman–Crippen MR) is 108 cm³/mol. The van der Waals surface area contributed by atoms with Crippen LogP contribution in [-0.4, -0.2) is 11.5 Å². The highest BCUT2D eigenvalue weighted by atomic mass is 32.2. The Morgan fingerprint density at radius 2 is 0.833 bits per heavy atom. The molecule has 0 nitrogen and oxygen atoms in total. The van der Waals surface area contributed by atoms with Gasteiger partial charge in [0.25, 0.3) is 0 Å². The molecule has 2 heteroatoms. The molecular weight excluding hydrogens is 328 g/mol. The average molecular weight is 351 g/mol. The molecule has 3 aromatic carbocycles. The van der Waals surface area contributed by atoms with Gasteiger partial charge in [-0.25, -0.2) is 0 Å². The van der Waals surface area contributed by atoms with Crippen LogP contribution in [0.25, 0.3) is 0 Å². The summed E-state index contributed by atoms with van der Waals surface area (Å²) < 4.78 is 0. The summed E-state index contributed by atoms with van der Waals surface area (Å²) in [6.07, 6.45) is 2.25. The zero-order valence-electron chi connectivity index (χ0n) is 13.7. The van der Waals surface area contributed by atoms with Crippen LogP contribution in [0, 0.1) is 0 Å². The van der Waals surface area contributed by atoms with Gasteiger partial charge in [0.05, 0.1) is 0 Å². The Balaban J connectivity index is 1.40. The predicted octanol–water partition coefficient (Wildman–Crippen LogP) is 6.36. The van der Waals surface area contributed by atoms with E-state index in [0.29, 0.717) is 0 Å². The Morgan fingerprint density at radius 1 is 0.458 bits per heavy atom. The van der Waals surface area contributed by atoms with E-state index in [0.717, 1.165) is 24.3 Å². The van der Waals surface area contributed by atoms with Crippen LogP contribution >= 0.6 is 23.5 Å². The van der Waals surface area contributed by atoms with Crippen LogP contribution in [0.4, 0.5) is 0 Å². The second kappa shape index (κ2) is 9.61. The van der Waals surface area contributed by atoms with Gasteiger partial charge in [-0.2, -0.15) is 0 Å². The topological polar surface area (TPSA) is 0 Å². The molecule has 3 rings (SSSR count). The number of thioether (sulfide) groups is 2. The lowest BCUT2D eigenvalue weighted by atomic mass is 10.1. The van der Waals surface area contributed by atoms with Crippen molar-refractivity contribution in [2.75, 3.05) is 11.5 Å². The number of rotatable bonds is 8. The van der Waals surface area contributed by atoms with Gasteiger partial charge in [-0.05, 0) is 48.2 Å². The fourth-order valence-corrected chi connectivity index (χ4v) is 4.33. The van der Waals surface area contributed by atoms with Crippen LogP contribution < -0.4 is 0 Å². The Hall–Kier alpha value is -1.64. The standard InChI is InChI=1S/C22H22S2/c1-3-7-21(8-4-1)23-17-15-19-11-13-20(14-12-19)16-18-24-22-9-5-2-6-10-22/h1-14H,15-18H2. The van der Waals surface area contributed by atoms with Crippen molar-refractivity contribution in [3.63, 3.8) is 0 Å². The molecule has 3 aromatic rings. The van der Waals surface area contributed by atoms with Gasteiger partial charge in [-0.3, -0.25) is 0 Å². The van der Waals surface area contributed by atoms with Crippen LogP contribution in [0.1, 0.15) is 11.1 Å². The monoisotopic (exact) mass is 350 g/mol. The molecule has 0 saturated carbocycles. The number of hydrogen-bond donors (Lipinski definition) is 0. The minimum atomic E-state index is 1.12. The molecule has 0 atom stereocenters. The molecule has 0 aromatic heterocycles. The highest BCUT2D eigenvalue weighted by molar-refractivity contribution is 7.99. The zero-order valence-corrected chi connectivity index (χ0v) is 15.4. The normalized spacial score (nSPS) is 10.7. The molecule has 0 amide bonds. The van der Waals surface area contributed by atoms with Crippen molar-refractivity contribution in [3.8, 4) is 0 Å². The maximum absolute atomic E-state index is 2.29. The first-order chi connectivity index (χ1) is 11.9. The Bertz CT molecular complexity index is 641. The summed E-state index contributed by atoms with van der Waals surface area (Å²) in [5.41, 5.74) is 2.86. The van der Waals surface area contributed by atoms with E-state index < -0.39 is 0 Å². The summed E-state index contributed by atoms with van der Waals surface area (Å²) in [6, 6.07) is 30.4. The van der Waals surface area contributed by atoms with Crippen LogP contribution in [0.3, 0.4) is 0 Å². The van der Waals surface area contributed by atoms with E-state index in [1.54, 1.807) is 0 Å². The fraction of sp³-hybridized carbons (Fsp3) is 0.182. The maximum Gasteiger partial charge on any atom is 0.00720 e. The van der Waals surface area contributed by atoms with Crippen LogP contribution in [0.5, 0.6) is 0 Å². The summed E-state index contributed by atoms with van der Waals surface area (Å²) in [6.45, 7) is 0. The smallest absolute Gasteiger partial charge is 0.00720 e. The second-order valence-electron chi connectivity index (χ2n) is 5.64. The average Bonchev–Trinajstić information content (AvgIpc) is 2.65.